The van der Waals surface area contributed by atoms with E-state index < -0.39 is 15.9 Å². The molecule has 0 aliphatic carbocycles. The molecule has 0 radical (unpaired) electrons. The first-order valence-electron chi connectivity index (χ1n) is 5.59. The first-order valence-corrected chi connectivity index (χ1v) is 8.18. The Labute approximate surface area is 113 Å². The quantitative estimate of drug-likeness (QED) is 0.906. The summed E-state index contributed by atoms with van der Waals surface area (Å²) < 4.78 is 23.5. The fraction of sp³-hybridized carbons (Fsp3) is 0.167. The van der Waals surface area contributed by atoms with Gasteiger partial charge in [0.2, 0.25) is 0 Å². The Balaban J connectivity index is 1.79. The summed E-state index contributed by atoms with van der Waals surface area (Å²) >= 11 is 1.51. The van der Waals surface area contributed by atoms with Crippen LogP contribution in [0.4, 0.5) is 0 Å². The maximum absolute atomic E-state index is 12.0. The molecule has 0 spiro atoms. The highest BCUT2D eigenvalue weighted by molar-refractivity contribution is 7.94. The van der Waals surface area contributed by atoms with Gasteiger partial charge in [0.15, 0.2) is 9.84 Å². The number of amides is 1. The van der Waals surface area contributed by atoms with Gasteiger partial charge in [-0.2, -0.15) is 0 Å². The number of fused-ring (bicyclic) bond motifs is 1. The number of aromatic nitrogens is 1. The molecular formula is C12H10N2O3S2. The van der Waals surface area contributed by atoms with E-state index in [1.807, 2.05) is 6.07 Å². The molecule has 1 aromatic carbocycles. The van der Waals surface area contributed by atoms with Gasteiger partial charge >= 0.3 is 0 Å². The summed E-state index contributed by atoms with van der Waals surface area (Å²) in [6.45, 7) is 0. The van der Waals surface area contributed by atoms with E-state index in [-0.39, 0.29) is 11.7 Å². The number of hydrogen-bond donors (Lipinski definition) is 1. The molecule has 1 N–H and O–H groups in total. The van der Waals surface area contributed by atoms with Crippen molar-refractivity contribution >= 4 is 37.3 Å². The number of nitrogens with zero attached hydrogens (tertiary/aromatic N) is 1. The fourth-order valence-electron chi connectivity index (χ4n) is 1.92. The molecule has 98 valence electrons. The Kier molecular flexibility index (Phi) is 2.87. The zero-order chi connectivity index (χ0) is 13.5. The summed E-state index contributed by atoms with van der Waals surface area (Å²) in [4.78, 5) is 16.2. The first kappa shape index (κ1) is 12.3. The van der Waals surface area contributed by atoms with Crippen LogP contribution in [0, 0.1) is 0 Å². The third-order valence-corrected chi connectivity index (χ3v) is 5.04. The number of thiazole rings is 1. The van der Waals surface area contributed by atoms with E-state index in [0.29, 0.717) is 5.56 Å². The van der Waals surface area contributed by atoms with Crippen molar-refractivity contribution in [1.29, 1.82) is 0 Å². The van der Waals surface area contributed by atoms with Crippen LogP contribution in [0.3, 0.4) is 0 Å². The minimum atomic E-state index is -3.15. The van der Waals surface area contributed by atoms with Gasteiger partial charge in [0.25, 0.3) is 5.91 Å². The predicted molar refractivity (Wildman–Crippen MR) is 73.8 cm³/mol. The molecule has 0 fully saturated rings. The van der Waals surface area contributed by atoms with E-state index in [0.717, 1.165) is 15.6 Å². The molecular weight excluding hydrogens is 284 g/mol. The molecule has 3 rings (SSSR count). The number of rotatable bonds is 2. The van der Waals surface area contributed by atoms with Crippen LogP contribution in [-0.4, -0.2) is 31.1 Å². The Bertz CT molecular complexity index is 777. The molecule has 0 saturated heterocycles. The third-order valence-electron chi connectivity index (χ3n) is 2.84. The molecule has 1 aliphatic heterocycles. The van der Waals surface area contributed by atoms with E-state index in [1.54, 1.807) is 17.6 Å². The van der Waals surface area contributed by atoms with E-state index in [4.69, 9.17) is 0 Å². The van der Waals surface area contributed by atoms with Crippen LogP contribution >= 0.6 is 11.3 Å². The number of carbonyl (C=O) groups is 1. The van der Waals surface area contributed by atoms with Gasteiger partial charge in [0, 0.05) is 11.0 Å². The molecule has 5 nitrogen and oxygen atoms in total. The Morgan fingerprint density at radius 2 is 2.26 bits per heavy atom. The zero-order valence-electron chi connectivity index (χ0n) is 9.74. The fourth-order valence-corrected chi connectivity index (χ4v) is 3.81. The van der Waals surface area contributed by atoms with Gasteiger partial charge in [0.1, 0.15) is 0 Å². The number of sulfone groups is 1. The SMILES string of the molecule is O=C(N[C@@H]1C=CS(=O)(=O)C1)c1ccc2scnc2c1. The van der Waals surface area contributed by atoms with Crippen LogP contribution in [0.25, 0.3) is 10.2 Å². The molecule has 0 unspecified atom stereocenters. The van der Waals surface area contributed by atoms with Crippen LogP contribution in [0.15, 0.2) is 35.2 Å². The Hall–Kier alpha value is -1.73. The number of carbonyl (C=O) groups excluding carboxylic acids is 1. The van der Waals surface area contributed by atoms with Gasteiger partial charge in [-0.15, -0.1) is 11.3 Å². The second-order valence-corrected chi connectivity index (χ2v) is 7.09. The first-order chi connectivity index (χ1) is 9.03. The minimum Gasteiger partial charge on any atom is -0.345 e. The van der Waals surface area contributed by atoms with Gasteiger partial charge in [0.05, 0.1) is 27.5 Å². The highest BCUT2D eigenvalue weighted by Crippen LogP contribution is 2.19. The molecule has 1 amide bonds. The average Bonchev–Trinajstić information content (AvgIpc) is 2.94. The van der Waals surface area contributed by atoms with E-state index in [9.17, 15) is 13.2 Å². The monoisotopic (exact) mass is 294 g/mol. The van der Waals surface area contributed by atoms with Crippen LogP contribution < -0.4 is 5.32 Å². The smallest absolute Gasteiger partial charge is 0.251 e. The lowest BCUT2D eigenvalue weighted by Gasteiger charge is -2.09. The van der Waals surface area contributed by atoms with Crippen LogP contribution in [0.5, 0.6) is 0 Å². The molecule has 1 aromatic heterocycles. The van der Waals surface area contributed by atoms with E-state index in [1.165, 1.54) is 17.4 Å². The summed E-state index contributed by atoms with van der Waals surface area (Å²) in [7, 11) is -3.15. The van der Waals surface area contributed by atoms with Crippen molar-refractivity contribution in [2.45, 2.75) is 6.04 Å². The van der Waals surface area contributed by atoms with Crippen LogP contribution in [0.2, 0.25) is 0 Å². The van der Waals surface area contributed by atoms with Gasteiger partial charge in [-0.25, -0.2) is 13.4 Å². The summed E-state index contributed by atoms with van der Waals surface area (Å²) in [6, 6.07) is 4.80. The lowest BCUT2D eigenvalue weighted by atomic mass is 10.2. The maximum atomic E-state index is 12.0. The summed E-state index contributed by atoms with van der Waals surface area (Å²) in [5.74, 6) is -0.362. The lowest BCUT2D eigenvalue weighted by Crippen LogP contribution is -2.35. The summed E-state index contributed by atoms with van der Waals surface area (Å²) in [5, 5.41) is 3.82. The molecule has 1 aliphatic rings. The predicted octanol–water partition coefficient (Wildman–Crippen LogP) is 1.34. The summed E-state index contributed by atoms with van der Waals surface area (Å²) in [6.07, 6.45) is 1.49. The van der Waals surface area contributed by atoms with Crippen molar-refractivity contribution in [2.24, 2.45) is 0 Å². The largest absolute Gasteiger partial charge is 0.345 e. The molecule has 0 saturated carbocycles. The standard InChI is InChI=1S/C12H10N2O3S2/c15-12(14-9-3-4-19(16,17)6-9)8-1-2-11-10(5-8)13-7-18-11/h1-5,7,9H,6H2,(H,14,15)/t9-/m1/s1. The average molecular weight is 294 g/mol. The highest BCUT2D eigenvalue weighted by atomic mass is 32.2. The molecule has 0 bridgehead atoms. The molecule has 7 heteroatoms. The second kappa shape index (κ2) is 4.43. The Morgan fingerprint density at radius 1 is 1.42 bits per heavy atom. The van der Waals surface area contributed by atoms with Crippen molar-refractivity contribution < 1.29 is 13.2 Å². The molecule has 1 atom stereocenters. The zero-order valence-corrected chi connectivity index (χ0v) is 11.4. The van der Waals surface area contributed by atoms with Crippen molar-refractivity contribution in [2.75, 3.05) is 5.75 Å². The van der Waals surface area contributed by atoms with Gasteiger partial charge in [-0.1, -0.05) is 0 Å². The van der Waals surface area contributed by atoms with Crippen molar-refractivity contribution in [3.8, 4) is 0 Å². The normalized spacial score (nSPS) is 20.7. The van der Waals surface area contributed by atoms with Gasteiger partial charge < -0.3 is 5.32 Å². The summed E-state index contributed by atoms with van der Waals surface area (Å²) in [5.41, 5.74) is 2.97. The molecule has 19 heavy (non-hydrogen) atoms. The van der Waals surface area contributed by atoms with Crippen molar-refractivity contribution in [3.63, 3.8) is 0 Å². The van der Waals surface area contributed by atoms with Crippen LogP contribution in [-0.2, 0) is 9.84 Å². The van der Waals surface area contributed by atoms with E-state index in [2.05, 4.69) is 10.3 Å². The highest BCUT2D eigenvalue weighted by Gasteiger charge is 2.23. The second-order valence-electron chi connectivity index (χ2n) is 4.27. The minimum absolute atomic E-state index is 0.0717. The van der Waals surface area contributed by atoms with E-state index >= 15 is 0 Å². The van der Waals surface area contributed by atoms with Crippen molar-refractivity contribution in [1.82, 2.24) is 10.3 Å². The number of benzene rings is 1. The van der Waals surface area contributed by atoms with Gasteiger partial charge in [-0.3, -0.25) is 4.79 Å². The maximum Gasteiger partial charge on any atom is 0.251 e. The lowest BCUT2D eigenvalue weighted by molar-refractivity contribution is 0.0948. The molecule has 2 heterocycles. The number of nitrogens with one attached hydrogen (secondary N) is 1. The Morgan fingerprint density at radius 3 is 3.00 bits per heavy atom. The third kappa shape index (κ3) is 2.52. The van der Waals surface area contributed by atoms with Crippen LogP contribution in [0.1, 0.15) is 10.4 Å². The topological polar surface area (TPSA) is 76.1 Å². The van der Waals surface area contributed by atoms with Crippen molar-refractivity contribution in [3.05, 3.63) is 40.8 Å². The molecule has 2 aromatic rings. The van der Waals surface area contributed by atoms with Gasteiger partial charge in [-0.05, 0) is 24.3 Å². The number of hydrogen-bond acceptors (Lipinski definition) is 5.